The summed E-state index contributed by atoms with van der Waals surface area (Å²) < 4.78 is 1.70. The highest BCUT2D eigenvalue weighted by atomic mass is 16.1. The van der Waals surface area contributed by atoms with Crippen LogP contribution in [0.15, 0.2) is 35.1 Å². The van der Waals surface area contributed by atoms with Gasteiger partial charge in [0.15, 0.2) is 11.5 Å². The third-order valence-corrected chi connectivity index (χ3v) is 5.13. The molecule has 0 saturated carbocycles. The number of anilines is 1. The number of nitrogens with one attached hydrogen (secondary N) is 1. The predicted molar refractivity (Wildman–Crippen MR) is 107 cm³/mol. The summed E-state index contributed by atoms with van der Waals surface area (Å²) in [5, 5.41) is 2.82. The average Bonchev–Trinajstić information content (AvgIpc) is 3.01. The lowest BCUT2D eigenvalue weighted by molar-refractivity contribution is 0.310. The van der Waals surface area contributed by atoms with E-state index in [0.717, 1.165) is 37.7 Å². The molecular formula is C20H26N6O. The molecule has 0 aliphatic carbocycles. The van der Waals surface area contributed by atoms with Crippen LogP contribution in [0.2, 0.25) is 0 Å². The van der Waals surface area contributed by atoms with Gasteiger partial charge in [-0.05, 0) is 18.0 Å². The van der Waals surface area contributed by atoms with Gasteiger partial charge >= 0.3 is 0 Å². The van der Waals surface area contributed by atoms with Crippen LogP contribution in [0.3, 0.4) is 0 Å². The van der Waals surface area contributed by atoms with Crippen LogP contribution in [0.1, 0.15) is 26.3 Å². The molecule has 142 valence electrons. The van der Waals surface area contributed by atoms with Gasteiger partial charge in [0.25, 0.3) is 5.56 Å². The van der Waals surface area contributed by atoms with Crippen molar-refractivity contribution in [1.29, 1.82) is 0 Å². The number of aromatic nitrogens is 4. The number of fused-ring (bicyclic) bond motifs is 1. The van der Waals surface area contributed by atoms with Crippen molar-refractivity contribution < 1.29 is 0 Å². The Kier molecular flexibility index (Phi) is 4.26. The van der Waals surface area contributed by atoms with Gasteiger partial charge in [-0.3, -0.25) is 9.89 Å². The summed E-state index contributed by atoms with van der Waals surface area (Å²) >= 11 is 0. The normalized spacial score (nSPS) is 16.2. The first-order valence-electron chi connectivity index (χ1n) is 9.35. The number of nitrogens with zero attached hydrogens (tertiary/aromatic N) is 5. The molecule has 1 aromatic carbocycles. The predicted octanol–water partition coefficient (Wildman–Crippen LogP) is 2.13. The van der Waals surface area contributed by atoms with Crippen LogP contribution in [0.4, 0.5) is 5.95 Å². The number of hydrogen-bond acceptors (Lipinski definition) is 5. The van der Waals surface area contributed by atoms with E-state index in [0.29, 0.717) is 11.5 Å². The van der Waals surface area contributed by atoms with Crippen LogP contribution in [0, 0.1) is 0 Å². The smallest absolute Gasteiger partial charge is 0.266 e. The van der Waals surface area contributed by atoms with Crippen molar-refractivity contribution in [3.8, 4) is 11.4 Å². The maximum Gasteiger partial charge on any atom is 0.266 e. The third kappa shape index (κ3) is 3.47. The number of benzene rings is 1. The highest BCUT2D eigenvalue weighted by Crippen LogP contribution is 2.26. The molecule has 3 heterocycles. The second-order valence-corrected chi connectivity index (χ2v) is 8.28. The monoisotopic (exact) mass is 366 g/mol. The van der Waals surface area contributed by atoms with E-state index < -0.39 is 0 Å². The summed E-state index contributed by atoms with van der Waals surface area (Å²) in [6.45, 7) is 10.3. The highest BCUT2D eigenvalue weighted by molar-refractivity contribution is 5.61. The Morgan fingerprint density at radius 1 is 1.00 bits per heavy atom. The molecule has 0 radical (unpaired) electrons. The topological polar surface area (TPSA) is 69.5 Å². The zero-order valence-electron chi connectivity index (χ0n) is 16.4. The summed E-state index contributed by atoms with van der Waals surface area (Å²) in [4.78, 5) is 25.8. The Hall–Kier alpha value is -2.67. The van der Waals surface area contributed by atoms with Crippen LogP contribution in [0.25, 0.3) is 17.0 Å². The fourth-order valence-corrected chi connectivity index (χ4v) is 3.36. The molecule has 0 unspecified atom stereocenters. The van der Waals surface area contributed by atoms with Gasteiger partial charge in [-0.25, -0.2) is 9.50 Å². The van der Waals surface area contributed by atoms with Crippen LogP contribution >= 0.6 is 0 Å². The second-order valence-electron chi connectivity index (χ2n) is 8.28. The van der Waals surface area contributed by atoms with Gasteiger partial charge < -0.3 is 9.80 Å². The van der Waals surface area contributed by atoms with Gasteiger partial charge in [-0.15, -0.1) is 0 Å². The van der Waals surface area contributed by atoms with Gasteiger partial charge in [-0.1, -0.05) is 45.0 Å². The van der Waals surface area contributed by atoms with E-state index in [1.54, 1.807) is 4.52 Å². The minimum Gasteiger partial charge on any atom is -0.338 e. The molecule has 4 rings (SSSR count). The number of H-pyrrole nitrogens is 1. The molecule has 0 atom stereocenters. The summed E-state index contributed by atoms with van der Waals surface area (Å²) in [5.41, 5.74) is 2.75. The number of piperazine rings is 1. The Labute approximate surface area is 158 Å². The lowest BCUT2D eigenvalue weighted by Gasteiger charge is -2.33. The SMILES string of the molecule is CN1CCN(c2nc(-c3ccc(C(C)(C)C)cc3)nc3cc(=O)[nH]n23)CC1. The van der Waals surface area contributed by atoms with E-state index >= 15 is 0 Å². The number of hydrogen-bond donors (Lipinski definition) is 1. The molecule has 7 heteroatoms. The van der Waals surface area contributed by atoms with Gasteiger partial charge in [-0.2, -0.15) is 4.98 Å². The van der Waals surface area contributed by atoms with Crippen LogP contribution in [-0.4, -0.2) is 57.7 Å². The van der Waals surface area contributed by atoms with Gasteiger partial charge in [0.2, 0.25) is 5.95 Å². The van der Waals surface area contributed by atoms with E-state index in [9.17, 15) is 4.79 Å². The molecule has 0 bridgehead atoms. The lowest BCUT2D eigenvalue weighted by Crippen LogP contribution is -2.45. The summed E-state index contributed by atoms with van der Waals surface area (Å²) in [6, 6.07) is 9.90. The lowest BCUT2D eigenvalue weighted by atomic mass is 9.87. The quantitative estimate of drug-likeness (QED) is 0.752. The third-order valence-electron chi connectivity index (χ3n) is 5.13. The highest BCUT2D eigenvalue weighted by Gasteiger charge is 2.21. The number of rotatable bonds is 2. The van der Waals surface area contributed by atoms with Crippen molar-refractivity contribution in [2.24, 2.45) is 0 Å². The Balaban J connectivity index is 1.78. The van der Waals surface area contributed by atoms with E-state index in [-0.39, 0.29) is 11.0 Å². The van der Waals surface area contributed by atoms with Crippen molar-refractivity contribution in [2.45, 2.75) is 26.2 Å². The van der Waals surface area contributed by atoms with Crippen molar-refractivity contribution in [3.63, 3.8) is 0 Å². The van der Waals surface area contributed by atoms with E-state index in [4.69, 9.17) is 4.98 Å². The molecule has 1 saturated heterocycles. The number of likely N-dealkylation sites (N-methyl/N-ethyl adjacent to an activating group) is 1. The Morgan fingerprint density at radius 2 is 1.67 bits per heavy atom. The Morgan fingerprint density at radius 3 is 2.30 bits per heavy atom. The fourth-order valence-electron chi connectivity index (χ4n) is 3.36. The molecule has 0 spiro atoms. The molecule has 0 amide bonds. The maximum absolute atomic E-state index is 11.9. The zero-order chi connectivity index (χ0) is 19.2. The van der Waals surface area contributed by atoms with Gasteiger partial charge in [0.05, 0.1) is 0 Å². The molecule has 3 aromatic rings. The van der Waals surface area contributed by atoms with Gasteiger partial charge in [0.1, 0.15) is 0 Å². The second kappa shape index (κ2) is 6.49. The summed E-state index contributed by atoms with van der Waals surface area (Å²) in [5.74, 6) is 1.38. The van der Waals surface area contributed by atoms with Crippen molar-refractivity contribution in [2.75, 3.05) is 38.1 Å². The van der Waals surface area contributed by atoms with Crippen LogP contribution < -0.4 is 10.5 Å². The average molecular weight is 366 g/mol. The first kappa shape index (κ1) is 17.7. The summed E-state index contributed by atoms with van der Waals surface area (Å²) in [6.07, 6.45) is 0. The molecule has 27 heavy (non-hydrogen) atoms. The maximum atomic E-state index is 11.9. The molecule has 2 aromatic heterocycles. The van der Waals surface area contributed by atoms with Crippen molar-refractivity contribution in [1.82, 2.24) is 24.5 Å². The first-order valence-corrected chi connectivity index (χ1v) is 9.35. The van der Waals surface area contributed by atoms with Crippen LogP contribution in [-0.2, 0) is 5.41 Å². The first-order chi connectivity index (χ1) is 12.8. The minimum absolute atomic E-state index is 0.0995. The zero-order valence-corrected chi connectivity index (χ0v) is 16.4. The standard InChI is InChI=1S/C20H26N6O/c1-20(2,3)15-7-5-14(6-8-15)18-21-16-13-17(27)23-26(16)19(22-18)25-11-9-24(4)10-12-25/h5-8,13H,9-12H2,1-4H3,(H,23,27). The van der Waals surface area contributed by atoms with E-state index in [2.05, 4.69) is 72.0 Å². The minimum atomic E-state index is -0.167. The van der Waals surface area contributed by atoms with Gasteiger partial charge in [0, 0.05) is 37.8 Å². The van der Waals surface area contributed by atoms with E-state index in [1.807, 2.05) is 0 Å². The molecule has 1 N–H and O–H groups in total. The van der Waals surface area contributed by atoms with Crippen molar-refractivity contribution >= 4 is 11.6 Å². The van der Waals surface area contributed by atoms with E-state index in [1.165, 1.54) is 11.6 Å². The van der Waals surface area contributed by atoms with Crippen molar-refractivity contribution in [3.05, 3.63) is 46.2 Å². The Bertz CT molecular complexity index is 1000. The number of aromatic amines is 1. The summed E-state index contributed by atoms with van der Waals surface area (Å²) in [7, 11) is 2.12. The molecule has 1 aliphatic rings. The molecular weight excluding hydrogens is 340 g/mol. The molecule has 1 fully saturated rings. The van der Waals surface area contributed by atoms with Crippen LogP contribution in [0.5, 0.6) is 0 Å². The largest absolute Gasteiger partial charge is 0.338 e. The molecule has 7 nitrogen and oxygen atoms in total. The molecule has 1 aliphatic heterocycles. The fraction of sp³-hybridized carbons (Fsp3) is 0.450.